The first-order chi connectivity index (χ1) is 25.1. The summed E-state index contributed by atoms with van der Waals surface area (Å²) in [6, 6.07) is 66.5. The summed E-state index contributed by atoms with van der Waals surface area (Å²) in [5, 5.41) is 5.03. The normalized spacial score (nSPS) is 13.1. The molecule has 242 valence electrons. The average molecular weight is 653 g/mol. The molecule has 1 heterocycles. The van der Waals surface area contributed by atoms with Crippen LogP contribution in [0.4, 0.5) is 17.1 Å². The third-order valence-corrected chi connectivity index (χ3v) is 10.9. The standard InChI is InChI=1S/C49H36N2/c1-49(2)44-23-13-11-21-40(44)41-30-29-38(32-45(41)49)50(35-18-7-4-8-19-35)36-25-27-37(28-26-36)51-46-24-14-12-22-42(46)43-31-34-17-9-10-20-39(34)47(48(43)51)33-15-5-3-6-16-33/h3-32H,1-2H3. The van der Waals surface area contributed by atoms with E-state index in [2.05, 4.69) is 205 Å². The number of benzene rings is 8. The number of nitrogens with zero attached hydrogens (tertiary/aromatic N) is 2. The molecule has 1 aromatic heterocycles. The SMILES string of the molecule is CC1(C)c2ccccc2-c2ccc(N(c3ccccc3)c3ccc(-n4c5ccccc5c5cc6ccccc6c(-c6ccccc6)c54)cc3)cc21. The highest BCUT2D eigenvalue weighted by Crippen LogP contribution is 2.51. The molecule has 1 aliphatic carbocycles. The van der Waals surface area contributed by atoms with Crippen LogP contribution in [0.5, 0.6) is 0 Å². The Bertz CT molecular complexity index is 2750. The molecule has 1 aliphatic rings. The molecule has 2 heteroatoms. The van der Waals surface area contributed by atoms with E-state index >= 15 is 0 Å². The van der Waals surface area contributed by atoms with E-state index in [4.69, 9.17) is 0 Å². The molecule has 0 fully saturated rings. The fourth-order valence-corrected chi connectivity index (χ4v) is 8.56. The van der Waals surface area contributed by atoms with Gasteiger partial charge in [0.15, 0.2) is 0 Å². The molecule has 10 rings (SSSR count). The van der Waals surface area contributed by atoms with Gasteiger partial charge in [-0.1, -0.05) is 135 Å². The Morgan fingerprint density at radius 2 is 1.06 bits per heavy atom. The number of aromatic nitrogens is 1. The largest absolute Gasteiger partial charge is 0.310 e. The van der Waals surface area contributed by atoms with E-state index in [1.807, 2.05) is 0 Å². The summed E-state index contributed by atoms with van der Waals surface area (Å²) in [6.45, 7) is 4.70. The van der Waals surface area contributed by atoms with Gasteiger partial charge in [-0.25, -0.2) is 0 Å². The minimum atomic E-state index is -0.0781. The second-order valence-electron chi connectivity index (χ2n) is 14.2. The molecule has 0 N–H and O–H groups in total. The molecule has 0 spiro atoms. The maximum Gasteiger partial charge on any atom is 0.0625 e. The lowest BCUT2D eigenvalue weighted by Gasteiger charge is -2.28. The maximum atomic E-state index is 2.46. The fraction of sp³-hybridized carbons (Fsp3) is 0.0612. The molecule has 2 nitrogen and oxygen atoms in total. The summed E-state index contributed by atoms with van der Waals surface area (Å²) >= 11 is 0. The van der Waals surface area contributed by atoms with Crippen LogP contribution >= 0.6 is 0 Å². The fourth-order valence-electron chi connectivity index (χ4n) is 8.56. The first-order valence-corrected chi connectivity index (χ1v) is 17.8. The van der Waals surface area contributed by atoms with Crippen LogP contribution in [0.3, 0.4) is 0 Å². The number of fused-ring (bicyclic) bond motifs is 7. The Balaban J connectivity index is 1.17. The number of anilines is 3. The first kappa shape index (κ1) is 29.5. The van der Waals surface area contributed by atoms with E-state index in [-0.39, 0.29) is 5.41 Å². The Labute approximate surface area is 298 Å². The molecule has 0 bridgehead atoms. The summed E-state index contributed by atoms with van der Waals surface area (Å²) < 4.78 is 2.46. The lowest BCUT2D eigenvalue weighted by Crippen LogP contribution is -2.16. The third-order valence-electron chi connectivity index (χ3n) is 10.9. The monoisotopic (exact) mass is 652 g/mol. The van der Waals surface area contributed by atoms with Crippen molar-refractivity contribution in [1.29, 1.82) is 0 Å². The highest BCUT2D eigenvalue weighted by atomic mass is 15.1. The van der Waals surface area contributed by atoms with Crippen molar-refractivity contribution < 1.29 is 0 Å². The predicted molar refractivity (Wildman–Crippen MR) is 216 cm³/mol. The molecule has 0 saturated carbocycles. The van der Waals surface area contributed by atoms with Crippen molar-refractivity contribution in [2.24, 2.45) is 0 Å². The average Bonchev–Trinajstić information content (AvgIpc) is 3.63. The number of rotatable bonds is 5. The van der Waals surface area contributed by atoms with E-state index in [1.54, 1.807) is 0 Å². The zero-order valence-corrected chi connectivity index (χ0v) is 28.7. The van der Waals surface area contributed by atoms with Gasteiger partial charge in [0, 0.05) is 44.5 Å². The molecule has 0 amide bonds. The third kappa shape index (κ3) is 4.50. The Morgan fingerprint density at radius 3 is 1.86 bits per heavy atom. The topological polar surface area (TPSA) is 8.17 Å². The van der Waals surface area contributed by atoms with Crippen LogP contribution in [0.1, 0.15) is 25.0 Å². The van der Waals surface area contributed by atoms with Gasteiger partial charge in [-0.05, 0) is 99.3 Å². The quantitative estimate of drug-likeness (QED) is 0.180. The van der Waals surface area contributed by atoms with Crippen molar-refractivity contribution in [3.05, 3.63) is 193 Å². The van der Waals surface area contributed by atoms with Gasteiger partial charge in [-0.15, -0.1) is 0 Å². The predicted octanol–water partition coefficient (Wildman–Crippen LogP) is 13.4. The molecule has 9 aromatic rings. The number of para-hydroxylation sites is 2. The minimum Gasteiger partial charge on any atom is -0.310 e. The maximum absolute atomic E-state index is 2.46. The van der Waals surface area contributed by atoms with Gasteiger partial charge in [-0.3, -0.25) is 0 Å². The zero-order chi connectivity index (χ0) is 34.1. The van der Waals surface area contributed by atoms with E-state index < -0.39 is 0 Å². The molecule has 0 unspecified atom stereocenters. The molecule has 0 saturated heterocycles. The van der Waals surface area contributed by atoms with Gasteiger partial charge >= 0.3 is 0 Å². The molecular formula is C49H36N2. The van der Waals surface area contributed by atoms with Gasteiger partial charge in [0.05, 0.1) is 11.0 Å². The Kier molecular flexibility index (Phi) is 6.56. The van der Waals surface area contributed by atoms with Gasteiger partial charge in [0.1, 0.15) is 0 Å². The van der Waals surface area contributed by atoms with Crippen LogP contribution in [0.15, 0.2) is 182 Å². The van der Waals surface area contributed by atoms with Gasteiger partial charge in [0.2, 0.25) is 0 Å². The van der Waals surface area contributed by atoms with Crippen molar-refractivity contribution >= 4 is 49.6 Å². The summed E-state index contributed by atoms with van der Waals surface area (Å²) in [5.74, 6) is 0. The summed E-state index contributed by atoms with van der Waals surface area (Å²) in [7, 11) is 0. The van der Waals surface area contributed by atoms with E-state index in [1.165, 1.54) is 66.0 Å². The Hall–Kier alpha value is -6.38. The molecule has 0 atom stereocenters. The summed E-state index contributed by atoms with van der Waals surface area (Å²) in [4.78, 5) is 2.39. The summed E-state index contributed by atoms with van der Waals surface area (Å²) in [5.41, 5.74) is 14.8. The van der Waals surface area contributed by atoms with Crippen molar-refractivity contribution in [1.82, 2.24) is 4.57 Å². The molecule has 0 aliphatic heterocycles. The molecule has 51 heavy (non-hydrogen) atoms. The van der Waals surface area contributed by atoms with E-state index in [9.17, 15) is 0 Å². The van der Waals surface area contributed by atoms with E-state index in [0.717, 1.165) is 22.7 Å². The lowest BCUT2D eigenvalue weighted by atomic mass is 9.82. The molecule has 8 aromatic carbocycles. The first-order valence-electron chi connectivity index (χ1n) is 17.8. The zero-order valence-electron chi connectivity index (χ0n) is 28.7. The van der Waals surface area contributed by atoms with Gasteiger partial charge in [0.25, 0.3) is 0 Å². The summed E-state index contributed by atoms with van der Waals surface area (Å²) in [6.07, 6.45) is 0. The highest BCUT2D eigenvalue weighted by Gasteiger charge is 2.35. The van der Waals surface area contributed by atoms with Crippen molar-refractivity contribution in [2.75, 3.05) is 4.90 Å². The highest BCUT2D eigenvalue weighted by molar-refractivity contribution is 6.21. The Morgan fingerprint density at radius 1 is 0.451 bits per heavy atom. The van der Waals surface area contributed by atoms with Gasteiger partial charge < -0.3 is 9.47 Å². The van der Waals surface area contributed by atoms with Crippen molar-refractivity contribution in [3.63, 3.8) is 0 Å². The second-order valence-corrected chi connectivity index (χ2v) is 14.2. The number of hydrogen-bond donors (Lipinski definition) is 0. The van der Waals surface area contributed by atoms with Crippen LogP contribution in [-0.2, 0) is 5.41 Å². The van der Waals surface area contributed by atoms with Crippen molar-refractivity contribution in [2.45, 2.75) is 19.3 Å². The lowest BCUT2D eigenvalue weighted by molar-refractivity contribution is 0.660. The van der Waals surface area contributed by atoms with Crippen LogP contribution in [0.25, 0.3) is 60.5 Å². The molecular weight excluding hydrogens is 617 g/mol. The number of hydrogen-bond acceptors (Lipinski definition) is 1. The second kappa shape index (κ2) is 11.3. The van der Waals surface area contributed by atoms with Crippen LogP contribution < -0.4 is 4.90 Å². The smallest absolute Gasteiger partial charge is 0.0625 e. The van der Waals surface area contributed by atoms with Crippen LogP contribution in [0, 0.1) is 0 Å². The van der Waals surface area contributed by atoms with E-state index in [0.29, 0.717) is 0 Å². The minimum absolute atomic E-state index is 0.0781. The van der Waals surface area contributed by atoms with Gasteiger partial charge in [-0.2, -0.15) is 0 Å². The molecule has 0 radical (unpaired) electrons. The van der Waals surface area contributed by atoms with Crippen LogP contribution in [0.2, 0.25) is 0 Å². The van der Waals surface area contributed by atoms with Crippen LogP contribution in [-0.4, -0.2) is 4.57 Å². The van der Waals surface area contributed by atoms with Crippen molar-refractivity contribution in [3.8, 4) is 27.9 Å².